The zero-order valence-corrected chi connectivity index (χ0v) is 20.5. The number of rotatable bonds is 3. The minimum Gasteiger partial charge on any atom is -0.328 e. The molecule has 2 aliphatic heterocycles. The van der Waals surface area contributed by atoms with Crippen molar-refractivity contribution >= 4 is 16.1 Å². The highest BCUT2D eigenvalue weighted by atomic mass is 32.2. The molecule has 7 heteroatoms. The van der Waals surface area contributed by atoms with Crippen molar-refractivity contribution in [2.45, 2.75) is 57.5 Å². The molecule has 1 fully saturated rings. The van der Waals surface area contributed by atoms with Gasteiger partial charge in [0.2, 0.25) is 10.0 Å². The van der Waals surface area contributed by atoms with Crippen LogP contribution in [0.4, 0.5) is 4.79 Å². The van der Waals surface area contributed by atoms with Crippen LogP contribution in [-0.4, -0.2) is 62.2 Å². The Morgan fingerprint density at radius 2 is 1.85 bits per heavy atom. The lowest BCUT2D eigenvalue weighted by Crippen LogP contribution is -2.51. The van der Waals surface area contributed by atoms with Crippen LogP contribution in [0.25, 0.3) is 11.1 Å². The van der Waals surface area contributed by atoms with E-state index in [-0.39, 0.29) is 23.9 Å². The van der Waals surface area contributed by atoms with Gasteiger partial charge in [0.15, 0.2) is 0 Å². The first-order valence-corrected chi connectivity index (χ1v) is 13.7. The Morgan fingerprint density at radius 1 is 1.03 bits per heavy atom. The average molecular weight is 470 g/mol. The molecule has 2 amide bonds. The normalized spacial score (nSPS) is 22.3. The Labute approximate surface area is 198 Å². The van der Waals surface area contributed by atoms with Crippen LogP contribution < -0.4 is 4.72 Å². The summed E-state index contributed by atoms with van der Waals surface area (Å²) in [6, 6.07) is 16.6. The van der Waals surface area contributed by atoms with E-state index in [1.54, 1.807) is 11.8 Å². The molecule has 0 aromatic heterocycles. The molecule has 0 spiro atoms. The van der Waals surface area contributed by atoms with Gasteiger partial charge >= 0.3 is 6.03 Å². The van der Waals surface area contributed by atoms with Crippen molar-refractivity contribution in [3.05, 3.63) is 59.7 Å². The summed E-state index contributed by atoms with van der Waals surface area (Å²) in [5, 5.41) is 0. The van der Waals surface area contributed by atoms with Crippen molar-refractivity contribution in [3.63, 3.8) is 0 Å². The lowest BCUT2D eigenvalue weighted by atomic mass is 9.93. The number of nitrogens with zero attached hydrogens (tertiary/aromatic N) is 2. The highest BCUT2D eigenvalue weighted by molar-refractivity contribution is 7.89. The highest BCUT2D eigenvalue weighted by Crippen LogP contribution is 2.29. The molecule has 0 unspecified atom stereocenters. The molecule has 0 saturated carbocycles. The summed E-state index contributed by atoms with van der Waals surface area (Å²) >= 11 is 0. The number of carbonyl (C=O) groups is 1. The number of hydrogen-bond donors (Lipinski definition) is 1. The SMILES string of the molecule is CCS(=O)(=O)N[C@H]1CCN2C(=O)N(C)CCCCCc3ccccc3-c3cccc(c3)C[C@@H]12. The van der Waals surface area contributed by atoms with E-state index in [4.69, 9.17) is 0 Å². The van der Waals surface area contributed by atoms with Crippen LogP contribution >= 0.6 is 0 Å². The number of nitrogens with one attached hydrogen (secondary N) is 1. The van der Waals surface area contributed by atoms with Crippen LogP contribution in [0.1, 0.15) is 43.7 Å². The molecule has 0 radical (unpaired) electrons. The number of sulfonamides is 1. The number of hydrogen-bond acceptors (Lipinski definition) is 3. The Balaban J connectivity index is 1.71. The Bertz CT molecular complexity index is 1090. The first-order chi connectivity index (χ1) is 15.9. The minimum absolute atomic E-state index is 0.00694. The first-order valence-electron chi connectivity index (χ1n) is 12.1. The lowest BCUT2D eigenvalue weighted by Gasteiger charge is -2.32. The molecule has 0 aliphatic carbocycles. The van der Waals surface area contributed by atoms with Crippen LogP contribution in [0.15, 0.2) is 48.5 Å². The van der Waals surface area contributed by atoms with E-state index in [2.05, 4.69) is 53.3 Å². The number of amides is 2. The smallest absolute Gasteiger partial charge is 0.320 e. The topological polar surface area (TPSA) is 69.7 Å². The third-order valence-corrected chi connectivity index (χ3v) is 8.39. The molecule has 1 saturated heterocycles. The first kappa shape index (κ1) is 23.8. The van der Waals surface area contributed by atoms with Gasteiger partial charge in [0.05, 0.1) is 11.8 Å². The zero-order valence-electron chi connectivity index (χ0n) is 19.7. The largest absolute Gasteiger partial charge is 0.328 e. The van der Waals surface area contributed by atoms with Gasteiger partial charge in [-0.3, -0.25) is 0 Å². The van der Waals surface area contributed by atoms with Crippen LogP contribution in [0.3, 0.4) is 0 Å². The van der Waals surface area contributed by atoms with E-state index in [0.29, 0.717) is 25.9 Å². The number of aryl methyl sites for hydroxylation is 1. The lowest BCUT2D eigenvalue weighted by molar-refractivity contribution is 0.154. The maximum absolute atomic E-state index is 13.3. The Hall–Kier alpha value is -2.38. The van der Waals surface area contributed by atoms with Crippen molar-refractivity contribution in [2.24, 2.45) is 0 Å². The number of carbonyl (C=O) groups excluding carboxylic acids is 1. The van der Waals surface area contributed by atoms with Gasteiger partial charge < -0.3 is 9.80 Å². The van der Waals surface area contributed by atoms with E-state index < -0.39 is 10.0 Å². The van der Waals surface area contributed by atoms with E-state index in [0.717, 1.165) is 31.2 Å². The zero-order chi connectivity index (χ0) is 23.4. The van der Waals surface area contributed by atoms with Crippen LogP contribution in [0, 0.1) is 0 Å². The van der Waals surface area contributed by atoms with Gasteiger partial charge in [0.25, 0.3) is 0 Å². The fraction of sp³-hybridized carbons (Fsp3) is 0.500. The van der Waals surface area contributed by atoms with Gasteiger partial charge in [0, 0.05) is 26.2 Å². The summed E-state index contributed by atoms with van der Waals surface area (Å²) in [4.78, 5) is 17.0. The van der Waals surface area contributed by atoms with Gasteiger partial charge in [0.1, 0.15) is 0 Å². The molecule has 33 heavy (non-hydrogen) atoms. The molecule has 2 aromatic carbocycles. The molecule has 178 valence electrons. The Kier molecular flexibility index (Phi) is 7.39. The molecule has 1 N–H and O–H groups in total. The fourth-order valence-corrected chi connectivity index (χ4v) is 5.98. The summed E-state index contributed by atoms with van der Waals surface area (Å²) < 4.78 is 27.6. The van der Waals surface area contributed by atoms with Crippen molar-refractivity contribution in [1.82, 2.24) is 14.5 Å². The predicted molar refractivity (Wildman–Crippen MR) is 133 cm³/mol. The van der Waals surface area contributed by atoms with Gasteiger partial charge in [-0.25, -0.2) is 17.9 Å². The second kappa shape index (κ2) is 10.3. The molecule has 4 rings (SSSR count). The molecule has 2 bridgehead atoms. The maximum atomic E-state index is 13.3. The quantitative estimate of drug-likeness (QED) is 0.737. The van der Waals surface area contributed by atoms with Crippen molar-refractivity contribution in [3.8, 4) is 11.1 Å². The third kappa shape index (κ3) is 5.58. The summed E-state index contributed by atoms with van der Waals surface area (Å²) in [6.45, 7) is 2.92. The van der Waals surface area contributed by atoms with Crippen LogP contribution in [0.5, 0.6) is 0 Å². The van der Waals surface area contributed by atoms with E-state index in [9.17, 15) is 13.2 Å². The van der Waals surface area contributed by atoms with Crippen molar-refractivity contribution < 1.29 is 13.2 Å². The minimum atomic E-state index is -3.36. The number of fused-ring (bicyclic) bond motifs is 5. The van der Waals surface area contributed by atoms with Gasteiger partial charge in [-0.05, 0) is 61.3 Å². The summed E-state index contributed by atoms with van der Waals surface area (Å²) in [5.74, 6) is 0.0380. The molecule has 2 aliphatic rings. The molecular weight excluding hydrogens is 434 g/mol. The van der Waals surface area contributed by atoms with Crippen molar-refractivity contribution in [1.29, 1.82) is 0 Å². The summed E-state index contributed by atoms with van der Waals surface area (Å²) in [5.41, 5.74) is 4.90. The Morgan fingerprint density at radius 3 is 2.67 bits per heavy atom. The number of benzene rings is 2. The predicted octanol–water partition coefficient (Wildman–Crippen LogP) is 4.06. The van der Waals surface area contributed by atoms with E-state index >= 15 is 0 Å². The summed E-state index contributed by atoms with van der Waals surface area (Å²) in [6.07, 6.45) is 5.38. The third-order valence-electron chi connectivity index (χ3n) is 6.97. The monoisotopic (exact) mass is 469 g/mol. The van der Waals surface area contributed by atoms with Crippen LogP contribution in [0.2, 0.25) is 0 Å². The second-order valence-electron chi connectivity index (χ2n) is 9.25. The molecule has 2 heterocycles. The fourth-order valence-electron chi connectivity index (χ4n) is 5.08. The average Bonchev–Trinajstić information content (AvgIpc) is 3.19. The number of urea groups is 1. The van der Waals surface area contributed by atoms with Gasteiger partial charge in [-0.15, -0.1) is 0 Å². The van der Waals surface area contributed by atoms with Crippen LogP contribution in [-0.2, 0) is 22.9 Å². The molecular formula is C26H35N3O3S. The standard InChI is InChI=1S/C26H35N3O3S/c1-3-33(31,32)27-24-15-17-29-25(24)19-20-10-9-13-22(18-20)23-14-7-6-12-21(23)11-5-4-8-16-28(2)26(29)30/h6-7,9-10,12-14,18,24-25,27H,3-5,8,11,15-17,19H2,1-2H3/t24-,25-/m0/s1. The van der Waals surface area contributed by atoms with E-state index in [1.165, 1.54) is 16.7 Å². The highest BCUT2D eigenvalue weighted by Gasteiger charge is 2.39. The molecule has 2 atom stereocenters. The summed E-state index contributed by atoms with van der Waals surface area (Å²) in [7, 11) is -1.50. The molecule has 2 aromatic rings. The molecule has 6 nitrogen and oxygen atoms in total. The van der Waals surface area contributed by atoms with E-state index in [1.807, 2.05) is 11.9 Å². The van der Waals surface area contributed by atoms with Crippen molar-refractivity contribution in [2.75, 3.05) is 25.9 Å². The van der Waals surface area contributed by atoms with Gasteiger partial charge in [-0.1, -0.05) is 55.0 Å². The second-order valence-corrected chi connectivity index (χ2v) is 11.3. The maximum Gasteiger partial charge on any atom is 0.320 e. The van der Waals surface area contributed by atoms with Gasteiger partial charge in [-0.2, -0.15) is 0 Å².